The van der Waals surface area contributed by atoms with E-state index in [4.69, 9.17) is 9.84 Å². The molecule has 0 aliphatic rings. The largest absolute Gasteiger partial charge is 0.494 e. The van der Waals surface area contributed by atoms with Gasteiger partial charge in [-0.15, -0.1) is 0 Å². The molecular weight excluding hydrogens is 428 g/mol. The number of aryl methyl sites for hydroxylation is 2. The Hall–Kier alpha value is -3.87. The summed E-state index contributed by atoms with van der Waals surface area (Å²) in [4.78, 5) is 25.6. The van der Waals surface area contributed by atoms with Crippen molar-refractivity contribution in [3.05, 3.63) is 83.3 Å². The number of carbonyl (C=O) groups is 1. The van der Waals surface area contributed by atoms with Crippen molar-refractivity contribution in [1.29, 1.82) is 0 Å². The fourth-order valence-corrected chi connectivity index (χ4v) is 3.86. The molecule has 0 atom stereocenters. The summed E-state index contributed by atoms with van der Waals surface area (Å²) in [5.41, 5.74) is 5.21. The van der Waals surface area contributed by atoms with Gasteiger partial charge in [0.1, 0.15) is 5.75 Å². The Morgan fingerprint density at radius 3 is 2.56 bits per heavy atom. The van der Waals surface area contributed by atoms with Gasteiger partial charge >= 0.3 is 5.97 Å². The smallest absolute Gasteiger partial charge is 0.307 e. The van der Waals surface area contributed by atoms with Crippen LogP contribution in [0.15, 0.2) is 61.1 Å². The predicted octanol–water partition coefficient (Wildman–Crippen LogP) is 4.93. The quantitative estimate of drug-likeness (QED) is 0.310. The average Bonchev–Trinajstić information content (AvgIpc) is 3.23. The molecule has 176 valence electrons. The number of rotatable bonds is 11. The van der Waals surface area contributed by atoms with Crippen molar-refractivity contribution >= 4 is 22.8 Å². The van der Waals surface area contributed by atoms with Crippen LogP contribution in [0.3, 0.4) is 0 Å². The van der Waals surface area contributed by atoms with Crippen molar-refractivity contribution < 1.29 is 14.6 Å². The number of ether oxygens (including phenoxy) is 1. The van der Waals surface area contributed by atoms with E-state index >= 15 is 0 Å². The zero-order valence-corrected chi connectivity index (χ0v) is 19.6. The van der Waals surface area contributed by atoms with Crippen LogP contribution in [0.25, 0.3) is 10.9 Å². The van der Waals surface area contributed by atoms with E-state index in [9.17, 15) is 4.79 Å². The van der Waals surface area contributed by atoms with Crippen LogP contribution in [0, 0.1) is 6.92 Å². The molecule has 0 bridgehead atoms. The summed E-state index contributed by atoms with van der Waals surface area (Å²) in [5, 5.41) is 10.0. The van der Waals surface area contributed by atoms with Crippen LogP contribution in [0.4, 0.5) is 5.95 Å². The number of aliphatic carboxylic acids is 1. The number of H-pyrrole nitrogens is 1. The first kappa shape index (κ1) is 23.3. The van der Waals surface area contributed by atoms with Gasteiger partial charge in [0.15, 0.2) is 0 Å². The molecule has 2 aromatic heterocycles. The van der Waals surface area contributed by atoms with Crippen molar-refractivity contribution in [2.75, 3.05) is 18.1 Å². The van der Waals surface area contributed by atoms with Crippen LogP contribution >= 0.6 is 0 Å². The topological polar surface area (TPSA) is 91.3 Å². The van der Waals surface area contributed by atoms with Crippen LogP contribution in [0.2, 0.25) is 0 Å². The number of benzene rings is 2. The van der Waals surface area contributed by atoms with Gasteiger partial charge in [-0.05, 0) is 54.7 Å². The molecule has 0 fully saturated rings. The lowest BCUT2D eigenvalue weighted by atomic mass is 10.1. The van der Waals surface area contributed by atoms with E-state index in [2.05, 4.69) is 58.0 Å². The molecule has 0 aliphatic carbocycles. The third-order valence-corrected chi connectivity index (χ3v) is 5.80. The minimum absolute atomic E-state index is 0.0196. The predicted molar refractivity (Wildman–Crippen MR) is 133 cm³/mol. The monoisotopic (exact) mass is 458 g/mol. The first-order valence-electron chi connectivity index (χ1n) is 11.6. The van der Waals surface area contributed by atoms with Gasteiger partial charge in [-0.2, -0.15) is 0 Å². The van der Waals surface area contributed by atoms with E-state index in [1.54, 1.807) is 6.20 Å². The molecular formula is C27H30N4O3. The van der Waals surface area contributed by atoms with E-state index in [0.29, 0.717) is 12.6 Å². The average molecular weight is 459 g/mol. The molecule has 7 heteroatoms. The molecule has 7 nitrogen and oxygen atoms in total. The zero-order chi connectivity index (χ0) is 23.9. The number of nitrogens with zero attached hydrogens (tertiary/aromatic N) is 3. The number of carboxylic acids is 1. The number of hydrogen-bond acceptors (Lipinski definition) is 5. The van der Waals surface area contributed by atoms with Gasteiger partial charge in [0, 0.05) is 42.6 Å². The SMILES string of the molecule is CCc1cnc(N(CCCOc2ccc3[nH]cc(CC(=O)O)c3c2)Cc2ccc(C)cc2)nc1. The molecule has 0 amide bonds. The fourth-order valence-electron chi connectivity index (χ4n) is 3.86. The van der Waals surface area contributed by atoms with E-state index in [1.807, 2.05) is 30.6 Å². The molecule has 2 aromatic carbocycles. The highest BCUT2D eigenvalue weighted by Crippen LogP contribution is 2.24. The lowest BCUT2D eigenvalue weighted by molar-refractivity contribution is -0.136. The van der Waals surface area contributed by atoms with Gasteiger partial charge in [0.2, 0.25) is 5.95 Å². The van der Waals surface area contributed by atoms with Crippen molar-refractivity contribution in [1.82, 2.24) is 15.0 Å². The lowest BCUT2D eigenvalue weighted by Gasteiger charge is -2.23. The van der Waals surface area contributed by atoms with Gasteiger partial charge in [-0.25, -0.2) is 9.97 Å². The van der Waals surface area contributed by atoms with Gasteiger partial charge in [0.05, 0.1) is 13.0 Å². The number of aromatic nitrogens is 3. The van der Waals surface area contributed by atoms with Gasteiger partial charge in [-0.3, -0.25) is 4.79 Å². The highest BCUT2D eigenvalue weighted by Gasteiger charge is 2.12. The summed E-state index contributed by atoms with van der Waals surface area (Å²) in [7, 11) is 0. The second-order valence-corrected chi connectivity index (χ2v) is 8.45. The summed E-state index contributed by atoms with van der Waals surface area (Å²) in [5.74, 6) is 0.590. The number of nitrogens with one attached hydrogen (secondary N) is 1. The number of aromatic amines is 1. The van der Waals surface area contributed by atoms with Crippen molar-refractivity contribution in [3.8, 4) is 5.75 Å². The molecule has 0 saturated carbocycles. The number of fused-ring (bicyclic) bond motifs is 1. The normalized spacial score (nSPS) is 11.0. The first-order valence-corrected chi connectivity index (χ1v) is 11.6. The van der Waals surface area contributed by atoms with Crippen molar-refractivity contribution in [2.45, 2.75) is 39.7 Å². The number of carboxylic acid groups (broad SMARTS) is 1. The summed E-state index contributed by atoms with van der Waals surface area (Å²) >= 11 is 0. The van der Waals surface area contributed by atoms with Crippen molar-refractivity contribution in [3.63, 3.8) is 0 Å². The molecule has 2 N–H and O–H groups in total. The fraction of sp³-hybridized carbons (Fsp3) is 0.296. The summed E-state index contributed by atoms with van der Waals surface area (Å²) in [6, 6.07) is 14.2. The molecule has 0 unspecified atom stereocenters. The van der Waals surface area contributed by atoms with Gasteiger partial charge in [-0.1, -0.05) is 36.8 Å². The van der Waals surface area contributed by atoms with Gasteiger partial charge in [0.25, 0.3) is 0 Å². The Kier molecular flexibility index (Phi) is 7.42. The Labute approximate surface area is 199 Å². The lowest BCUT2D eigenvalue weighted by Crippen LogP contribution is -2.27. The van der Waals surface area contributed by atoms with Crippen LogP contribution in [-0.2, 0) is 24.2 Å². The number of anilines is 1. The van der Waals surface area contributed by atoms with Crippen molar-refractivity contribution in [2.24, 2.45) is 0 Å². The molecule has 0 spiro atoms. The maximum Gasteiger partial charge on any atom is 0.307 e. The maximum atomic E-state index is 11.1. The van der Waals surface area contributed by atoms with Crippen LogP contribution in [-0.4, -0.2) is 39.2 Å². The van der Waals surface area contributed by atoms with E-state index in [0.717, 1.165) is 53.7 Å². The highest BCUT2D eigenvalue weighted by molar-refractivity contribution is 5.88. The van der Waals surface area contributed by atoms with Crippen LogP contribution < -0.4 is 9.64 Å². The minimum Gasteiger partial charge on any atom is -0.494 e. The Balaban J connectivity index is 1.40. The Morgan fingerprint density at radius 1 is 1.09 bits per heavy atom. The van der Waals surface area contributed by atoms with E-state index < -0.39 is 5.97 Å². The second-order valence-electron chi connectivity index (χ2n) is 8.45. The molecule has 0 saturated heterocycles. The summed E-state index contributed by atoms with van der Waals surface area (Å²) in [6.07, 6.45) is 7.21. The Morgan fingerprint density at radius 2 is 1.85 bits per heavy atom. The van der Waals surface area contributed by atoms with Crippen LogP contribution in [0.1, 0.15) is 35.6 Å². The summed E-state index contributed by atoms with van der Waals surface area (Å²) in [6.45, 7) is 6.17. The molecule has 0 radical (unpaired) electrons. The molecule has 4 rings (SSSR count). The first-order chi connectivity index (χ1) is 16.5. The summed E-state index contributed by atoms with van der Waals surface area (Å²) < 4.78 is 6.00. The molecule has 0 aliphatic heterocycles. The molecule has 2 heterocycles. The maximum absolute atomic E-state index is 11.1. The third kappa shape index (κ3) is 5.92. The third-order valence-electron chi connectivity index (χ3n) is 5.80. The second kappa shape index (κ2) is 10.8. The van der Waals surface area contributed by atoms with E-state index in [-0.39, 0.29) is 6.42 Å². The standard InChI is InChI=1S/C27H30N4O3/c1-3-20-15-29-27(30-16-20)31(18-21-7-5-19(2)6-8-21)11-4-12-34-23-9-10-25-24(14-23)22(17-28-25)13-26(32)33/h5-10,14-17,28H,3-4,11-13,18H2,1-2H3,(H,32,33). The van der Waals surface area contributed by atoms with Crippen LogP contribution in [0.5, 0.6) is 5.75 Å². The Bertz CT molecular complexity index is 1230. The highest BCUT2D eigenvalue weighted by atomic mass is 16.5. The number of hydrogen-bond donors (Lipinski definition) is 2. The molecule has 4 aromatic rings. The molecule has 34 heavy (non-hydrogen) atoms. The zero-order valence-electron chi connectivity index (χ0n) is 19.6. The van der Waals surface area contributed by atoms with Gasteiger partial charge < -0.3 is 19.7 Å². The van der Waals surface area contributed by atoms with E-state index in [1.165, 1.54) is 11.1 Å². The minimum atomic E-state index is -0.852.